The van der Waals surface area contributed by atoms with Crippen molar-refractivity contribution < 1.29 is 9.72 Å². The Hall–Kier alpha value is -2.80. The van der Waals surface area contributed by atoms with Crippen LogP contribution in [0, 0.1) is 10.1 Å². The third kappa shape index (κ3) is 3.57. The van der Waals surface area contributed by atoms with Gasteiger partial charge in [0.25, 0.3) is 11.6 Å². The largest absolute Gasteiger partial charge is 0.336 e. The van der Waals surface area contributed by atoms with Crippen molar-refractivity contribution in [1.82, 2.24) is 14.8 Å². The molecule has 0 unspecified atom stereocenters. The number of hydrogen-bond acceptors (Lipinski definition) is 5. The molecule has 1 fully saturated rings. The van der Waals surface area contributed by atoms with Crippen LogP contribution in [0.4, 0.5) is 5.69 Å². The smallest absolute Gasteiger partial charge is 0.282 e. The van der Waals surface area contributed by atoms with Crippen molar-refractivity contribution in [2.45, 2.75) is 6.54 Å². The molecule has 7 heteroatoms. The Balaban J connectivity index is 1.62. The lowest BCUT2D eigenvalue weighted by Crippen LogP contribution is -2.48. The Kier molecular flexibility index (Phi) is 4.81. The van der Waals surface area contributed by atoms with E-state index in [0.717, 1.165) is 25.3 Å². The van der Waals surface area contributed by atoms with Crippen molar-refractivity contribution in [3.05, 3.63) is 70.0 Å². The standard InChI is InChI=1S/C17H18N4O3/c22-17(15-6-1-2-7-16(15)21(23)24)20-11-9-19(10-12-20)13-14-5-3-4-8-18-14/h1-8H,9-13H2. The number of nitro benzene ring substituents is 1. The number of carbonyl (C=O) groups is 1. The average Bonchev–Trinajstić information content (AvgIpc) is 2.62. The molecule has 0 atom stereocenters. The second-order valence-corrected chi connectivity index (χ2v) is 5.66. The third-order valence-electron chi connectivity index (χ3n) is 4.10. The summed E-state index contributed by atoms with van der Waals surface area (Å²) in [4.78, 5) is 31.4. The highest BCUT2D eigenvalue weighted by Crippen LogP contribution is 2.20. The minimum atomic E-state index is -0.509. The number of para-hydroxylation sites is 1. The first kappa shape index (κ1) is 16.1. The molecule has 0 saturated carbocycles. The Bertz CT molecular complexity index is 728. The van der Waals surface area contributed by atoms with Crippen LogP contribution in [0.15, 0.2) is 48.7 Å². The highest BCUT2D eigenvalue weighted by molar-refractivity contribution is 5.98. The summed E-state index contributed by atoms with van der Waals surface area (Å²) >= 11 is 0. The molecule has 1 aliphatic rings. The summed E-state index contributed by atoms with van der Waals surface area (Å²) in [6, 6.07) is 11.9. The van der Waals surface area contributed by atoms with Gasteiger partial charge in [-0.25, -0.2) is 0 Å². The van der Waals surface area contributed by atoms with Crippen LogP contribution in [0.5, 0.6) is 0 Å². The topological polar surface area (TPSA) is 79.6 Å². The first-order valence-corrected chi connectivity index (χ1v) is 7.80. The van der Waals surface area contributed by atoms with Crippen molar-refractivity contribution in [2.24, 2.45) is 0 Å². The first-order valence-electron chi connectivity index (χ1n) is 7.80. The van der Waals surface area contributed by atoms with E-state index in [1.165, 1.54) is 12.1 Å². The molecule has 1 aromatic carbocycles. The normalized spacial score (nSPS) is 15.2. The number of benzene rings is 1. The van der Waals surface area contributed by atoms with Crippen molar-refractivity contribution in [2.75, 3.05) is 26.2 Å². The maximum Gasteiger partial charge on any atom is 0.282 e. The number of pyridine rings is 1. The summed E-state index contributed by atoms with van der Waals surface area (Å²) in [5.41, 5.74) is 1.01. The zero-order valence-corrected chi connectivity index (χ0v) is 13.2. The number of carbonyl (C=O) groups excluding carboxylic acids is 1. The average molecular weight is 326 g/mol. The number of aromatic nitrogens is 1. The van der Waals surface area contributed by atoms with Crippen LogP contribution in [-0.2, 0) is 6.54 Å². The quantitative estimate of drug-likeness (QED) is 0.634. The Morgan fingerprint density at radius 1 is 1.08 bits per heavy atom. The Labute approximate surface area is 139 Å². The summed E-state index contributed by atoms with van der Waals surface area (Å²) < 4.78 is 0. The highest BCUT2D eigenvalue weighted by Gasteiger charge is 2.27. The minimum Gasteiger partial charge on any atom is -0.336 e. The van der Waals surface area contributed by atoms with E-state index in [9.17, 15) is 14.9 Å². The van der Waals surface area contributed by atoms with Gasteiger partial charge in [0.05, 0.1) is 10.6 Å². The number of amides is 1. The van der Waals surface area contributed by atoms with Crippen molar-refractivity contribution >= 4 is 11.6 Å². The van der Waals surface area contributed by atoms with Crippen LogP contribution in [0.2, 0.25) is 0 Å². The molecule has 1 saturated heterocycles. The van der Waals surface area contributed by atoms with Gasteiger partial charge in [-0.3, -0.25) is 24.8 Å². The van der Waals surface area contributed by atoms with Gasteiger partial charge >= 0.3 is 0 Å². The molecule has 124 valence electrons. The molecule has 24 heavy (non-hydrogen) atoms. The molecule has 0 N–H and O–H groups in total. The fourth-order valence-electron chi connectivity index (χ4n) is 2.81. The summed E-state index contributed by atoms with van der Waals surface area (Å²) in [6.45, 7) is 3.30. The van der Waals surface area contributed by atoms with E-state index in [0.29, 0.717) is 13.1 Å². The molecular weight excluding hydrogens is 308 g/mol. The summed E-state index contributed by atoms with van der Waals surface area (Å²) in [7, 11) is 0. The van der Waals surface area contributed by atoms with E-state index < -0.39 is 4.92 Å². The van der Waals surface area contributed by atoms with Crippen LogP contribution in [0.1, 0.15) is 16.1 Å². The zero-order valence-electron chi connectivity index (χ0n) is 13.2. The van der Waals surface area contributed by atoms with E-state index in [1.54, 1.807) is 23.2 Å². The molecule has 1 aromatic heterocycles. The second-order valence-electron chi connectivity index (χ2n) is 5.66. The van der Waals surface area contributed by atoms with Crippen LogP contribution in [0.25, 0.3) is 0 Å². The monoisotopic (exact) mass is 326 g/mol. The molecule has 3 rings (SSSR count). The van der Waals surface area contributed by atoms with Crippen LogP contribution in [-0.4, -0.2) is 51.8 Å². The lowest BCUT2D eigenvalue weighted by Gasteiger charge is -2.34. The Morgan fingerprint density at radius 2 is 1.79 bits per heavy atom. The van der Waals surface area contributed by atoms with E-state index >= 15 is 0 Å². The number of nitrogens with zero attached hydrogens (tertiary/aromatic N) is 4. The van der Waals surface area contributed by atoms with Gasteiger partial charge in [-0.05, 0) is 18.2 Å². The fourth-order valence-corrected chi connectivity index (χ4v) is 2.81. The van der Waals surface area contributed by atoms with Crippen molar-refractivity contribution in [1.29, 1.82) is 0 Å². The van der Waals surface area contributed by atoms with Gasteiger partial charge in [0.2, 0.25) is 0 Å². The third-order valence-corrected chi connectivity index (χ3v) is 4.10. The molecule has 0 spiro atoms. The molecule has 2 aromatic rings. The Morgan fingerprint density at radius 3 is 2.46 bits per heavy atom. The van der Waals surface area contributed by atoms with Gasteiger partial charge < -0.3 is 4.90 Å². The van der Waals surface area contributed by atoms with Crippen molar-refractivity contribution in [3.8, 4) is 0 Å². The summed E-state index contributed by atoms with van der Waals surface area (Å²) in [5.74, 6) is -0.278. The van der Waals surface area contributed by atoms with Gasteiger partial charge in [-0.1, -0.05) is 18.2 Å². The highest BCUT2D eigenvalue weighted by atomic mass is 16.6. The minimum absolute atomic E-state index is 0.140. The molecule has 1 amide bonds. The van der Waals surface area contributed by atoms with Crippen LogP contribution < -0.4 is 0 Å². The molecule has 0 bridgehead atoms. The van der Waals surface area contributed by atoms with E-state index in [1.807, 2.05) is 18.2 Å². The van der Waals surface area contributed by atoms with Gasteiger partial charge in [0, 0.05) is 45.0 Å². The molecule has 1 aliphatic heterocycles. The van der Waals surface area contributed by atoms with Gasteiger partial charge in [-0.2, -0.15) is 0 Å². The van der Waals surface area contributed by atoms with E-state index in [2.05, 4.69) is 9.88 Å². The number of hydrogen-bond donors (Lipinski definition) is 0. The lowest BCUT2D eigenvalue weighted by atomic mass is 10.1. The number of rotatable bonds is 4. The van der Waals surface area contributed by atoms with Gasteiger partial charge in [-0.15, -0.1) is 0 Å². The van der Waals surface area contributed by atoms with Gasteiger partial charge in [0.15, 0.2) is 0 Å². The van der Waals surface area contributed by atoms with Crippen LogP contribution >= 0.6 is 0 Å². The van der Waals surface area contributed by atoms with E-state index in [4.69, 9.17) is 0 Å². The predicted molar refractivity (Wildman–Crippen MR) is 88.5 cm³/mol. The lowest BCUT2D eigenvalue weighted by molar-refractivity contribution is -0.385. The number of piperazine rings is 1. The molecule has 7 nitrogen and oxygen atoms in total. The SMILES string of the molecule is O=C(c1ccccc1[N+](=O)[O-])N1CCN(Cc2ccccn2)CC1. The first-order chi connectivity index (χ1) is 11.6. The number of nitro groups is 1. The van der Waals surface area contributed by atoms with Gasteiger partial charge in [0.1, 0.15) is 5.56 Å². The van der Waals surface area contributed by atoms with E-state index in [-0.39, 0.29) is 17.2 Å². The molecule has 0 aliphatic carbocycles. The van der Waals surface area contributed by atoms with Crippen molar-refractivity contribution in [3.63, 3.8) is 0 Å². The second kappa shape index (κ2) is 7.18. The molecular formula is C17H18N4O3. The fraction of sp³-hybridized carbons (Fsp3) is 0.294. The maximum absolute atomic E-state index is 12.6. The van der Waals surface area contributed by atoms with Crippen LogP contribution in [0.3, 0.4) is 0 Å². The molecule has 0 radical (unpaired) electrons. The summed E-state index contributed by atoms with van der Waals surface area (Å²) in [6.07, 6.45) is 1.77. The summed E-state index contributed by atoms with van der Waals surface area (Å²) in [5, 5.41) is 11.1. The molecule has 2 heterocycles. The maximum atomic E-state index is 12.6. The zero-order chi connectivity index (χ0) is 16.9. The predicted octanol–water partition coefficient (Wildman–Crippen LogP) is 1.95.